The van der Waals surface area contributed by atoms with Gasteiger partial charge in [-0.15, -0.1) is 10.2 Å². The van der Waals surface area contributed by atoms with Crippen LogP contribution in [-0.2, 0) is 0 Å². The summed E-state index contributed by atoms with van der Waals surface area (Å²) in [6, 6.07) is 17.6. The summed E-state index contributed by atoms with van der Waals surface area (Å²) in [7, 11) is 3.23. The molecular weight excluding hydrogens is 388 g/mol. The van der Waals surface area contributed by atoms with Crippen molar-refractivity contribution in [2.75, 3.05) is 14.2 Å². The summed E-state index contributed by atoms with van der Waals surface area (Å²) in [5, 5.41) is 21.5. The van der Waals surface area contributed by atoms with E-state index in [1.807, 2.05) is 54.6 Å². The van der Waals surface area contributed by atoms with E-state index in [-0.39, 0.29) is 0 Å². The van der Waals surface area contributed by atoms with Crippen LogP contribution in [0.5, 0.6) is 11.5 Å². The van der Waals surface area contributed by atoms with Gasteiger partial charge in [0, 0.05) is 5.56 Å². The molecule has 29 heavy (non-hydrogen) atoms. The van der Waals surface area contributed by atoms with Gasteiger partial charge in [0.25, 0.3) is 0 Å². The quantitative estimate of drug-likeness (QED) is 0.477. The highest BCUT2D eigenvalue weighted by Crippen LogP contribution is 2.39. The first-order valence-corrected chi connectivity index (χ1v) is 9.65. The van der Waals surface area contributed by atoms with Crippen LogP contribution < -0.4 is 9.47 Å². The lowest BCUT2D eigenvalue weighted by Crippen LogP contribution is -1.94. The topological polar surface area (TPSA) is 90.2 Å². The SMILES string of the molecule is COc1cccc(-c2nn3c(-c4cc(-c5ccccc5)n[nH]4)nnc3s2)c1OC. The maximum atomic E-state index is 5.54. The normalized spacial score (nSPS) is 11.1. The van der Waals surface area contributed by atoms with Crippen molar-refractivity contribution in [2.45, 2.75) is 0 Å². The molecular formula is C20H16N6O2S. The Bertz CT molecular complexity index is 1290. The molecule has 8 nitrogen and oxygen atoms in total. The zero-order valence-electron chi connectivity index (χ0n) is 15.7. The van der Waals surface area contributed by atoms with Crippen molar-refractivity contribution >= 4 is 16.3 Å². The van der Waals surface area contributed by atoms with Gasteiger partial charge in [0.1, 0.15) is 5.69 Å². The van der Waals surface area contributed by atoms with E-state index in [4.69, 9.17) is 14.6 Å². The van der Waals surface area contributed by atoms with E-state index in [0.29, 0.717) is 22.3 Å². The van der Waals surface area contributed by atoms with Gasteiger partial charge in [-0.1, -0.05) is 47.7 Å². The van der Waals surface area contributed by atoms with E-state index >= 15 is 0 Å². The molecule has 3 aromatic heterocycles. The molecule has 1 N–H and O–H groups in total. The van der Waals surface area contributed by atoms with Crippen molar-refractivity contribution in [2.24, 2.45) is 0 Å². The molecule has 5 rings (SSSR count). The summed E-state index contributed by atoms with van der Waals surface area (Å²) in [6.07, 6.45) is 0. The van der Waals surface area contributed by atoms with Gasteiger partial charge in [-0.25, -0.2) is 0 Å². The van der Waals surface area contributed by atoms with Crippen molar-refractivity contribution in [3.63, 3.8) is 0 Å². The van der Waals surface area contributed by atoms with Crippen LogP contribution in [0.25, 0.3) is 38.3 Å². The van der Waals surface area contributed by atoms with E-state index in [1.54, 1.807) is 18.7 Å². The van der Waals surface area contributed by atoms with Crippen LogP contribution in [0.2, 0.25) is 0 Å². The highest BCUT2D eigenvalue weighted by atomic mass is 32.1. The number of fused-ring (bicyclic) bond motifs is 1. The molecule has 5 aromatic rings. The van der Waals surface area contributed by atoms with Gasteiger partial charge in [-0.05, 0) is 18.2 Å². The average molecular weight is 404 g/mol. The van der Waals surface area contributed by atoms with Crippen molar-refractivity contribution in [3.8, 4) is 44.8 Å². The zero-order valence-corrected chi connectivity index (χ0v) is 16.5. The molecule has 0 atom stereocenters. The maximum Gasteiger partial charge on any atom is 0.235 e. The Kier molecular flexibility index (Phi) is 4.21. The predicted molar refractivity (Wildman–Crippen MR) is 110 cm³/mol. The summed E-state index contributed by atoms with van der Waals surface area (Å²) >= 11 is 1.43. The lowest BCUT2D eigenvalue weighted by molar-refractivity contribution is 0.356. The number of benzene rings is 2. The molecule has 144 valence electrons. The number of H-pyrrole nitrogens is 1. The highest BCUT2D eigenvalue weighted by molar-refractivity contribution is 7.19. The third-order valence-electron chi connectivity index (χ3n) is 4.51. The summed E-state index contributed by atoms with van der Waals surface area (Å²) < 4.78 is 12.6. The number of ether oxygens (including phenoxy) is 2. The van der Waals surface area contributed by atoms with Crippen molar-refractivity contribution < 1.29 is 9.47 Å². The molecule has 0 spiro atoms. The van der Waals surface area contributed by atoms with E-state index in [9.17, 15) is 0 Å². The molecule has 0 aliphatic carbocycles. The van der Waals surface area contributed by atoms with Gasteiger partial charge in [-0.2, -0.15) is 14.7 Å². The number of rotatable bonds is 5. The van der Waals surface area contributed by atoms with Gasteiger partial charge in [0.15, 0.2) is 16.5 Å². The number of hydrogen-bond acceptors (Lipinski definition) is 7. The maximum absolute atomic E-state index is 5.54. The summed E-state index contributed by atoms with van der Waals surface area (Å²) in [5.41, 5.74) is 3.44. The highest BCUT2D eigenvalue weighted by Gasteiger charge is 2.20. The molecule has 0 fully saturated rings. The number of aromatic amines is 1. The van der Waals surface area contributed by atoms with Crippen molar-refractivity contribution in [1.29, 1.82) is 0 Å². The van der Waals surface area contributed by atoms with Gasteiger partial charge >= 0.3 is 0 Å². The van der Waals surface area contributed by atoms with E-state index in [1.165, 1.54) is 11.3 Å². The first-order chi connectivity index (χ1) is 14.3. The van der Waals surface area contributed by atoms with E-state index in [0.717, 1.165) is 27.5 Å². The molecule has 0 bridgehead atoms. The van der Waals surface area contributed by atoms with E-state index in [2.05, 4.69) is 20.4 Å². The number of methoxy groups -OCH3 is 2. The molecule has 3 heterocycles. The molecule has 0 aliphatic rings. The molecule has 0 unspecified atom stereocenters. The standard InChI is InChI=1S/C20H16N6O2S/c1-27-16-10-6-9-13(17(16)28-2)19-25-26-18(23-24-20(26)29-19)15-11-14(21-22-15)12-7-4-3-5-8-12/h3-11H,1-2H3,(H,21,22). The Morgan fingerprint density at radius 3 is 2.62 bits per heavy atom. The fourth-order valence-electron chi connectivity index (χ4n) is 3.14. The second kappa shape index (κ2) is 7.02. The predicted octanol–water partition coefficient (Wildman–Crippen LogP) is 3.93. The van der Waals surface area contributed by atoms with Crippen LogP contribution in [0.1, 0.15) is 0 Å². The molecule has 0 amide bonds. The smallest absolute Gasteiger partial charge is 0.235 e. The Balaban J connectivity index is 1.58. The summed E-state index contributed by atoms with van der Waals surface area (Å²) in [5.74, 6) is 1.88. The Morgan fingerprint density at radius 1 is 0.966 bits per heavy atom. The van der Waals surface area contributed by atoms with Crippen LogP contribution in [0.15, 0.2) is 54.6 Å². The van der Waals surface area contributed by atoms with Gasteiger partial charge in [0.2, 0.25) is 10.8 Å². The van der Waals surface area contributed by atoms with Crippen LogP contribution in [-0.4, -0.2) is 44.2 Å². The largest absolute Gasteiger partial charge is 0.493 e. The minimum absolute atomic E-state index is 0.596. The minimum Gasteiger partial charge on any atom is -0.493 e. The monoisotopic (exact) mass is 404 g/mol. The first-order valence-electron chi connectivity index (χ1n) is 8.83. The molecule has 2 aromatic carbocycles. The number of nitrogens with one attached hydrogen (secondary N) is 1. The number of para-hydroxylation sites is 1. The van der Waals surface area contributed by atoms with Crippen LogP contribution >= 0.6 is 11.3 Å². The fourth-order valence-corrected chi connectivity index (χ4v) is 4.00. The number of hydrogen-bond donors (Lipinski definition) is 1. The zero-order chi connectivity index (χ0) is 19.8. The molecule has 0 saturated carbocycles. The van der Waals surface area contributed by atoms with Gasteiger partial charge < -0.3 is 9.47 Å². The van der Waals surface area contributed by atoms with Crippen LogP contribution in [0.3, 0.4) is 0 Å². The van der Waals surface area contributed by atoms with Crippen molar-refractivity contribution in [1.82, 2.24) is 30.0 Å². The number of nitrogens with zero attached hydrogens (tertiary/aromatic N) is 5. The van der Waals surface area contributed by atoms with Crippen molar-refractivity contribution in [3.05, 3.63) is 54.6 Å². The third-order valence-corrected chi connectivity index (χ3v) is 5.44. The number of aromatic nitrogens is 6. The summed E-state index contributed by atoms with van der Waals surface area (Å²) in [6.45, 7) is 0. The Morgan fingerprint density at radius 2 is 1.83 bits per heavy atom. The third kappa shape index (κ3) is 2.92. The molecule has 9 heteroatoms. The summed E-state index contributed by atoms with van der Waals surface area (Å²) in [4.78, 5) is 0.677. The fraction of sp³-hybridized carbons (Fsp3) is 0.100. The molecule has 0 aliphatic heterocycles. The Hall–Kier alpha value is -3.72. The first kappa shape index (κ1) is 17.4. The van der Waals surface area contributed by atoms with Gasteiger partial charge in [0.05, 0.1) is 25.5 Å². The second-order valence-electron chi connectivity index (χ2n) is 6.20. The average Bonchev–Trinajstić information content (AvgIpc) is 3.49. The van der Waals surface area contributed by atoms with Crippen LogP contribution in [0, 0.1) is 0 Å². The lowest BCUT2D eigenvalue weighted by Gasteiger charge is -2.10. The molecule has 0 radical (unpaired) electrons. The van der Waals surface area contributed by atoms with Gasteiger partial charge in [-0.3, -0.25) is 5.10 Å². The molecule has 0 saturated heterocycles. The second-order valence-corrected chi connectivity index (χ2v) is 7.16. The lowest BCUT2D eigenvalue weighted by atomic mass is 10.1. The minimum atomic E-state index is 0.596. The van der Waals surface area contributed by atoms with Crippen LogP contribution in [0.4, 0.5) is 0 Å². The van der Waals surface area contributed by atoms with E-state index < -0.39 is 0 Å². The Labute approximate surface area is 169 Å².